The average Bonchev–Trinajstić information content (AvgIpc) is 3.12. The van der Waals surface area contributed by atoms with Gasteiger partial charge in [0, 0.05) is 59.8 Å². The molecule has 0 radical (unpaired) electrons. The number of hydrogen-bond acceptors (Lipinski definition) is 6. The highest BCUT2D eigenvalue weighted by molar-refractivity contribution is 6.31. The number of nitrogens with zero attached hydrogens (tertiary/aromatic N) is 5. The van der Waals surface area contributed by atoms with Gasteiger partial charge in [0.05, 0.1) is 11.2 Å². The molecule has 0 atom stereocenters. The van der Waals surface area contributed by atoms with E-state index >= 15 is 0 Å². The summed E-state index contributed by atoms with van der Waals surface area (Å²) in [6.07, 6.45) is 5.15. The zero-order valence-electron chi connectivity index (χ0n) is 19.8. The third kappa shape index (κ3) is 4.52. The largest absolute Gasteiger partial charge is 0.431 e. The summed E-state index contributed by atoms with van der Waals surface area (Å²) >= 11 is 6.35. The van der Waals surface area contributed by atoms with Gasteiger partial charge in [-0.3, -0.25) is 4.90 Å². The highest BCUT2D eigenvalue weighted by Gasteiger charge is 2.28. The maximum Gasteiger partial charge on any atom is 0.387 e. The molecular weight excluding hydrogens is 495 g/mol. The maximum absolute atomic E-state index is 14.7. The molecule has 7 nitrogen and oxygen atoms in total. The van der Waals surface area contributed by atoms with E-state index in [1.165, 1.54) is 0 Å². The summed E-state index contributed by atoms with van der Waals surface area (Å²) in [5.41, 5.74) is 3.36. The van der Waals surface area contributed by atoms with Gasteiger partial charge in [0.1, 0.15) is 5.60 Å². The van der Waals surface area contributed by atoms with Crippen molar-refractivity contribution in [2.45, 2.75) is 45.6 Å². The Hall–Kier alpha value is -3.21. The Bertz CT molecular complexity index is 1430. The quantitative estimate of drug-likeness (QED) is 0.413. The van der Waals surface area contributed by atoms with Crippen molar-refractivity contribution in [1.82, 2.24) is 24.5 Å². The minimum Gasteiger partial charge on any atom is -0.431 e. The molecule has 1 aromatic carbocycles. The summed E-state index contributed by atoms with van der Waals surface area (Å²) in [5, 5.41) is 15.0. The molecule has 1 aliphatic rings. The normalized spacial score (nSPS) is 14.5. The van der Waals surface area contributed by atoms with Crippen LogP contribution in [0.3, 0.4) is 0 Å². The van der Waals surface area contributed by atoms with E-state index in [4.69, 9.17) is 11.6 Å². The number of fused-ring (bicyclic) bond motifs is 4. The number of alkyl halides is 2. The summed E-state index contributed by atoms with van der Waals surface area (Å²) in [7, 11) is 1.85. The molecule has 0 saturated carbocycles. The standard InChI is InChI=1S/C25H23ClF3N5O2/c1-25(2,35)23-30-9-14(10-31-23)13-4-5-34-21(6-13)16-7-15-17(11-33(3)12-20(16)32-34)18(26)8-19(27)22(15)36-24(28)29/h4-6,8-10,24,35H,7,11-12H2,1-3H3. The number of hydrogen-bond donors (Lipinski definition) is 1. The second-order valence-electron chi connectivity index (χ2n) is 9.38. The molecule has 0 unspecified atom stereocenters. The first-order chi connectivity index (χ1) is 17.0. The summed E-state index contributed by atoms with van der Waals surface area (Å²) in [5.74, 6) is -1.14. The molecule has 0 bridgehead atoms. The molecule has 1 N–H and O–H groups in total. The lowest BCUT2D eigenvalue weighted by atomic mass is 9.94. The molecule has 188 valence electrons. The summed E-state index contributed by atoms with van der Waals surface area (Å²) < 4.78 is 47.4. The van der Waals surface area contributed by atoms with E-state index in [2.05, 4.69) is 19.8 Å². The van der Waals surface area contributed by atoms with E-state index in [9.17, 15) is 18.3 Å². The first-order valence-corrected chi connectivity index (χ1v) is 11.6. The molecule has 5 rings (SSSR count). The van der Waals surface area contributed by atoms with E-state index in [-0.39, 0.29) is 17.0 Å². The van der Waals surface area contributed by atoms with Crippen molar-refractivity contribution in [3.05, 3.63) is 75.8 Å². The van der Waals surface area contributed by atoms with Crippen molar-refractivity contribution in [1.29, 1.82) is 0 Å². The predicted molar refractivity (Wildman–Crippen MR) is 127 cm³/mol. The van der Waals surface area contributed by atoms with Crippen LogP contribution in [-0.2, 0) is 25.1 Å². The van der Waals surface area contributed by atoms with Gasteiger partial charge in [-0.2, -0.15) is 13.9 Å². The molecule has 4 heterocycles. The topological polar surface area (TPSA) is 75.8 Å². The summed E-state index contributed by atoms with van der Waals surface area (Å²) in [6, 6.07) is 4.76. The molecule has 1 aliphatic heterocycles. The van der Waals surface area contributed by atoms with Gasteiger partial charge in [0.25, 0.3) is 0 Å². The SMILES string of the molecule is CN1Cc2nn3ccc(-c4cnc(C(C)(C)O)nc4)cc3c2Cc2c(c(Cl)cc(F)c2OC(F)F)C1. The maximum atomic E-state index is 14.7. The third-order valence-electron chi connectivity index (χ3n) is 6.16. The number of aromatic nitrogens is 4. The lowest BCUT2D eigenvalue weighted by Crippen LogP contribution is -2.23. The van der Waals surface area contributed by atoms with E-state index in [1.54, 1.807) is 37.0 Å². The highest BCUT2D eigenvalue weighted by Crippen LogP contribution is 2.38. The van der Waals surface area contributed by atoms with Crippen LogP contribution in [0.1, 0.15) is 42.1 Å². The Morgan fingerprint density at radius 3 is 2.47 bits per heavy atom. The molecular formula is C25H23ClF3N5O2. The Labute approximate surface area is 210 Å². The smallest absolute Gasteiger partial charge is 0.387 e. The van der Waals surface area contributed by atoms with Crippen molar-refractivity contribution in [2.75, 3.05) is 7.05 Å². The first-order valence-electron chi connectivity index (χ1n) is 11.2. The molecule has 11 heteroatoms. The van der Waals surface area contributed by atoms with Gasteiger partial charge in [-0.1, -0.05) is 11.6 Å². The fourth-order valence-electron chi connectivity index (χ4n) is 4.46. The van der Waals surface area contributed by atoms with Crippen LogP contribution >= 0.6 is 11.6 Å². The van der Waals surface area contributed by atoms with E-state index in [1.807, 2.05) is 24.1 Å². The van der Waals surface area contributed by atoms with Crippen LogP contribution in [0.2, 0.25) is 5.02 Å². The minimum absolute atomic E-state index is 0.110. The third-order valence-corrected chi connectivity index (χ3v) is 6.50. The second kappa shape index (κ2) is 9.02. The molecule has 0 spiro atoms. The second-order valence-corrected chi connectivity index (χ2v) is 9.79. The fourth-order valence-corrected chi connectivity index (χ4v) is 4.73. The van der Waals surface area contributed by atoms with Crippen LogP contribution < -0.4 is 4.74 Å². The molecule has 0 saturated heterocycles. The summed E-state index contributed by atoms with van der Waals surface area (Å²) in [4.78, 5) is 10.5. The Morgan fingerprint density at radius 1 is 1.08 bits per heavy atom. The Morgan fingerprint density at radius 2 is 1.81 bits per heavy atom. The van der Waals surface area contributed by atoms with Gasteiger partial charge in [-0.05, 0) is 50.2 Å². The molecule has 0 amide bonds. The number of benzene rings is 1. The lowest BCUT2D eigenvalue weighted by Gasteiger charge is -2.24. The Kier molecular flexibility index (Phi) is 6.14. The van der Waals surface area contributed by atoms with E-state index in [0.29, 0.717) is 24.5 Å². The lowest BCUT2D eigenvalue weighted by molar-refractivity contribution is -0.0528. The van der Waals surface area contributed by atoms with Gasteiger partial charge < -0.3 is 9.84 Å². The number of pyridine rings is 1. The van der Waals surface area contributed by atoms with Crippen molar-refractivity contribution < 1.29 is 23.0 Å². The molecule has 4 aromatic rings. The highest BCUT2D eigenvalue weighted by atomic mass is 35.5. The van der Waals surface area contributed by atoms with Gasteiger partial charge in [-0.15, -0.1) is 0 Å². The van der Waals surface area contributed by atoms with Crippen molar-refractivity contribution >= 4 is 17.1 Å². The fraction of sp³-hybridized carbons (Fsp3) is 0.320. The van der Waals surface area contributed by atoms with Gasteiger partial charge >= 0.3 is 6.61 Å². The number of ether oxygens (including phenoxy) is 1. The van der Waals surface area contributed by atoms with Crippen molar-refractivity contribution in [3.8, 4) is 16.9 Å². The van der Waals surface area contributed by atoms with Crippen LogP contribution in [0, 0.1) is 5.82 Å². The molecule has 3 aromatic heterocycles. The zero-order valence-corrected chi connectivity index (χ0v) is 20.5. The van der Waals surface area contributed by atoms with E-state index < -0.39 is 23.8 Å². The van der Waals surface area contributed by atoms with Crippen LogP contribution in [0.5, 0.6) is 5.75 Å². The van der Waals surface area contributed by atoms with E-state index in [0.717, 1.165) is 34.0 Å². The van der Waals surface area contributed by atoms with Crippen LogP contribution in [0.15, 0.2) is 36.8 Å². The number of aliphatic hydroxyl groups is 1. The van der Waals surface area contributed by atoms with Crippen molar-refractivity contribution in [3.63, 3.8) is 0 Å². The van der Waals surface area contributed by atoms with Crippen molar-refractivity contribution in [2.24, 2.45) is 0 Å². The molecule has 0 fully saturated rings. The number of rotatable bonds is 4. The molecule has 36 heavy (non-hydrogen) atoms. The van der Waals surface area contributed by atoms with Crippen LogP contribution in [0.25, 0.3) is 16.6 Å². The van der Waals surface area contributed by atoms with Gasteiger partial charge in [0.2, 0.25) is 0 Å². The number of halogens is 4. The zero-order chi connectivity index (χ0) is 25.8. The predicted octanol–water partition coefficient (Wildman–Crippen LogP) is 4.95. The Balaban J connectivity index is 1.65. The summed E-state index contributed by atoms with van der Waals surface area (Å²) in [6.45, 7) is 0.822. The minimum atomic E-state index is -3.19. The van der Waals surface area contributed by atoms with Gasteiger partial charge in [0.15, 0.2) is 17.4 Å². The monoisotopic (exact) mass is 517 g/mol. The average molecular weight is 518 g/mol. The first kappa shape index (κ1) is 24.5. The van der Waals surface area contributed by atoms with Crippen LogP contribution in [0.4, 0.5) is 13.2 Å². The molecule has 0 aliphatic carbocycles. The van der Waals surface area contributed by atoms with Crippen LogP contribution in [-0.4, -0.2) is 43.2 Å². The van der Waals surface area contributed by atoms with Gasteiger partial charge in [-0.25, -0.2) is 18.9 Å².